The van der Waals surface area contributed by atoms with Crippen molar-refractivity contribution in [3.05, 3.63) is 0 Å². The van der Waals surface area contributed by atoms with E-state index in [-0.39, 0.29) is 30.8 Å². The normalized spacial score (nSPS) is 14.4. The summed E-state index contributed by atoms with van der Waals surface area (Å²) >= 11 is 7.75. The van der Waals surface area contributed by atoms with E-state index in [9.17, 15) is 28.8 Å². The molecular formula is C16H26N4O9S2. The number of amides is 3. The summed E-state index contributed by atoms with van der Waals surface area (Å²) in [7, 11) is 0. The smallest absolute Gasteiger partial charge is 0.327 e. The standard InChI is InChI=1S/C16H26N4O9S2/c17-7(1-3-11(21)22)13(25)19-9(5-30)15(27)18-8(2-4-12(23)24)14(26)20-10(6-31)16(28)29/h7-10,30-31H,1-6,17H2,(H,18,27)(H,19,25)(H,20,26)(H,21,22)(H,23,24)(H,28,29). The van der Waals surface area contributed by atoms with Gasteiger partial charge in [-0.1, -0.05) is 0 Å². The van der Waals surface area contributed by atoms with Gasteiger partial charge < -0.3 is 37.0 Å². The van der Waals surface area contributed by atoms with Gasteiger partial charge in [0.2, 0.25) is 17.7 Å². The fourth-order valence-corrected chi connectivity index (χ4v) is 2.65. The van der Waals surface area contributed by atoms with Gasteiger partial charge in [0.25, 0.3) is 0 Å². The number of carboxylic acids is 3. The first-order chi connectivity index (χ1) is 14.4. The Kier molecular flexibility index (Phi) is 13.3. The lowest BCUT2D eigenvalue weighted by Crippen LogP contribution is -2.57. The molecule has 0 aliphatic carbocycles. The molecule has 0 aromatic rings. The Bertz CT molecular complexity index is 692. The van der Waals surface area contributed by atoms with E-state index in [0.29, 0.717) is 0 Å². The first kappa shape index (κ1) is 28.5. The summed E-state index contributed by atoms with van der Waals surface area (Å²) in [5.41, 5.74) is 5.57. The largest absolute Gasteiger partial charge is 0.481 e. The number of carbonyl (C=O) groups excluding carboxylic acids is 3. The maximum absolute atomic E-state index is 12.5. The Morgan fingerprint density at radius 2 is 1.10 bits per heavy atom. The average Bonchev–Trinajstić information content (AvgIpc) is 2.70. The van der Waals surface area contributed by atoms with Crippen LogP contribution in [0.2, 0.25) is 0 Å². The SMILES string of the molecule is NC(CCC(=O)O)C(=O)NC(CS)C(=O)NC(CCC(=O)O)C(=O)NC(CS)C(=O)O. The zero-order chi connectivity index (χ0) is 24.1. The minimum absolute atomic E-state index is 0.175. The molecule has 13 nitrogen and oxygen atoms in total. The van der Waals surface area contributed by atoms with Gasteiger partial charge in [0.05, 0.1) is 6.04 Å². The summed E-state index contributed by atoms with van der Waals surface area (Å²) in [5, 5.41) is 33.1. The second kappa shape index (κ2) is 14.5. The highest BCUT2D eigenvalue weighted by Crippen LogP contribution is 2.03. The lowest BCUT2D eigenvalue weighted by atomic mass is 10.1. The van der Waals surface area contributed by atoms with Gasteiger partial charge in [-0.2, -0.15) is 25.3 Å². The van der Waals surface area contributed by atoms with Gasteiger partial charge in [0.15, 0.2) is 0 Å². The topological polar surface area (TPSA) is 225 Å². The number of nitrogens with two attached hydrogens (primary N) is 1. The summed E-state index contributed by atoms with van der Waals surface area (Å²) in [6.07, 6.45) is -1.39. The van der Waals surface area contributed by atoms with Crippen molar-refractivity contribution in [1.29, 1.82) is 0 Å². The Morgan fingerprint density at radius 3 is 1.55 bits per heavy atom. The first-order valence-corrected chi connectivity index (χ1v) is 10.2. The minimum atomic E-state index is -1.41. The summed E-state index contributed by atoms with van der Waals surface area (Å²) < 4.78 is 0. The molecule has 8 N–H and O–H groups in total. The molecule has 15 heteroatoms. The monoisotopic (exact) mass is 482 g/mol. The molecule has 31 heavy (non-hydrogen) atoms. The number of carbonyl (C=O) groups is 6. The van der Waals surface area contributed by atoms with Crippen LogP contribution in [0.15, 0.2) is 0 Å². The van der Waals surface area contributed by atoms with Crippen molar-refractivity contribution in [3.63, 3.8) is 0 Å². The number of hydrogen-bond acceptors (Lipinski definition) is 9. The molecule has 0 aliphatic heterocycles. The van der Waals surface area contributed by atoms with Gasteiger partial charge in [-0.25, -0.2) is 4.79 Å². The van der Waals surface area contributed by atoms with Crippen LogP contribution < -0.4 is 21.7 Å². The van der Waals surface area contributed by atoms with Gasteiger partial charge in [-0.15, -0.1) is 0 Å². The van der Waals surface area contributed by atoms with Crippen molar-refractivity contribution < 1.29 is 44.1 Å². The molecule has 3 amide bonds. The summed E-state index contributed by atoms with van der Waals surface area (Å²) in [4.78, 5) is 69.4. The van der Waals surface area contributed by atoms with E-state index in [1.807, 2.05) is 0 Å². The molecule has 0 aliphatic rings. The highest BCUT2D eigenvalue weighted by molar-refractivity contribution is 7.80. The van der Waals surface area contributed by atoms with Crippen LogP contribution in [0.25, 0.3) is 0 Å². The Hall–Kier alpha value is -2.52. The molecule has 0 rings (SSSR count). The number of carboxylic acid groups (broad SMARTS) is 3. The molecule has 176 valence electrons. The van der Waals surface area contributed by atoms with Crippen molar-refractivity contribution in [2.45, 2.75) is 49.9 Å². The second-order valence-corrected chi connectivity index (χ2v) is 7.09. The highest BCUT2D eigenvalue weighted by Gasteiger charge is 2.29. The fraction of sp³-hybridized carbons (Fsp3) is 0.625. The third-order valence-corrected chi connectivity index (χ3v) is 4.63. The molecule has 0 saturated heterocycles. The third-order valence-electron chi connectivity index (χ3n) is 3.90. The molecule has 0 radical (unpaired) electrons. The van der Waals surface area contributed by atoms with Crippen LogP contribution in [0.5, 0.6) is 0 Å². The predicted molar refractivity (Wildman–Crippen MR) is 113 cm³/mol. The van der Waals surface area contributed by atoms with Crippen LogP contribution in [0.4, 0.5) is 0 Å². The lowest BCUT2D eigenvalue weighted by Gasteiger charge is -2.24. The predicted octanol–water partition coefficient (Wildman–Crippen LogP) is -2.56. The zero-order valence-corrected chi connectivity index (χ0v) is 18.1. The molecule has 4 atom stereocenters. The van der Waals surface area contributed by atoms with Crippen LogP contribution in [-0.2, 0) is 28.8 Å². The van der Waals surface area contributed by atoms with Crippen LogP contribution >= 0.6 is 25.3 Å². The van der Waals surface area contributed by atoms with Gasteiger partial charge in [-0.05, 0) is 12.8 Å². The van der Waals surface area contributed by atoms with Crippen molar-refractivity contribution >= 4 is 60.9 Å². The van der Waals surface area contributed by atoms with Crippen LogP contribution in [-0.4, -0.2) is 86.6 Å². The van der Waals surface area contributed by atoms with E-state index >= 15 is 0 Å². The van der Waals surface area contributed by atoms with E-state index in [2.05, 4.69) is 41.2 Å². The second-order valence-electron chi connectivity index (χ2n) is 6.36. The van der Waals surface area contributed by atoms with Crippen molar-refractivity contribution in [3.8, 4) is 0 Å². The average molecular weight is 483 g/mol. The van der Waals surface area contributed by atoms with Crippen molar-refractivity contribution in [2.24, 2.45) is 5.73 Å². The molecule has 0 bridgehead atoms. The number of hydrogen-bond donors (Lipinski definition) is 9. The molecule has 0 fully saturated rings. The maximum atomic E-state index is 12.5. The quantitative estimate of drug-likeness (QED) is 0.111. The summed E-state index contributed by atoms with van der Waals surface area (Å²) in [6.45, 7) is 0. The maximum Gasteiger partial charge on any atom is 0.327 e. The number of aliphatic carboxylic acids is 3. The molecule has 0 aromatic heterocycles. The van der Waals surface area contributed by atoms with Crippen molar-refractivity contribution in [1.82, 2.24) is 16.0 Å². The van der Waals surface area contributed by atoms with E-state index in [1.165, 1.54) is 0 Å². The Balaban J connectivity index is 5.19. The zero-order valence-electron chi connectivity index (χ0n) is 16.3. The molecule has 0 aromatic carbocycles. The van der Waals surface area contributed by atoms with Gasteiger partial charge in [0, 0.05) is 24.3 Å². The number of thiol groups is 2. The molecule has 4 unspecified atom stereocenters. The Labute approximate surface area is 188 Å². The van der Waals surface area contributed by atoms with Gasteiger partial charge in [0.1, 0.15) is 18.1 Å². The number of rotatable bonds is 15. The van der Waals surface area contributed by atoms with E-state index in [0.717, 1.165) is 0 Å². The van der Waals surface area contributed by atoms with Crippen LogP contribution in [0.1, 0.15) is 25.7 Å². The third kappa shape index (κ3) is 11.4. The summed E-state index contributed by atoms with van der Waals surface area (Å²) in [6, 6.07) is -5.26. The highest BCUT2D eigenvalue weighted by atomic mass is 32.1. The van der Waals surface area contributed by atoms with Gasteiger partial charge >= 0.3 is 17.9 Å². The number of nitrogens with one attached hydrogen (secondary N) is 3. The Morgan fingerprint density at radius 1 is 0.677 bits per heavy atom. The van der Waals surface area contributed by atoms with Crippen LogP contribution in [0.3, 0.4) is 0 Å². The molecule has 0 spiro atoms. The molecular weight excluding hydrogens is 456 g/mol. The van der Waals surface area contributed by atoms with E-state index in [1.54, 1.807) is 0 Å². The lowest BCUT2D eigenvalue weighted by molar-refractivity contribution is -0.142. The summed E-state index contributed by atoms with van der Waals surface area (Å²) in [5.74, 6) is -6.89. The van der Waals surface area contributed by atoms with E-state index in [4.69, 9.17) is 21.1 Å². The van der Waals surface area contributed by atoms with E-state index < -0.39 is 66.2 Å². The minimum Gasteiger partial charge on any atom is -0.481 e. The van der Waals surface area contributed by atoms with Crippen LogP contribution in [0, 0.1) is 0 Å². The first-order valence-electron chi connectivity index (χ1n) is 8.97. The molecule has 0 saturated carbocycles. The van der Waals surface area contributed by atoms with Crippen molar-refractivity contribution in [2.75, 3.05) is 11.5 Å². The van der Waals surface area contributed by atoms with Gasteiger partial charge in [-0.3, -0.25) is 24.0 Å². The molecule has 0 heterocycles. The fourth-order valence-electron chi connectivity index (χ4n) is 2.15.